The summed E-state index contributed by atoms with van der Waals surface area (Å²) in [7, 11) is 0. The third-order valence-electron chi connectivity index (χ3n) is 1.70. The summed E-state index contributed by atoms with van der Waals surface area (Å²) in [5, 5.41) is 0.542. The minimum Gasteiger partial charge on any atom is -0.462 e. The van der Waals surface area contributed by atoms with Gasteiger partial charge in [0.25, 0.3) is 0 Å². The lowest BCUT2D eigenvalue weighted by atomic mass is 9.99. The molecule has 15 heavy (non-hydrogen) atoms. The summed E-state index contributed by atoms with van der Waals surface area (Å²) in [6.45, 7) is 6.44. The second-order valence-corrected chi connectivity index (χ2v) is 5.08. The minimum absolute atomic E-state index is 0.0196. The summed E-state index contributed by atoms with van der Waals surface area (Å²) in [5.41, 5.74) is 0.473. The van der Waals surface area contributed by atoms with Gasteiger partial charge in [-0.1, -0.05) is 38.4 Å². The summed E-state index contributed by atoms with van der Waals surface area (Å²) in [6, 6.07) is 6.75. The normalized spacial score (nSPS) is 11.2. The number of carbonyl (C=O) groups excluding carboxylic acids is 1. The van der Waals surface area contributed by atoms with Crippen LogP contribution in [-0.4, -0.2) is 12.6 Å². The highest BCUT2D eigenvalue weighted by atomic mass is 35.5. The molecule has 0 unspecified atom stereocenters. The Hall–Kier alpha value is -1.02. The highest BCUT2D eigenvalue weighted by molar-refractivity contribution is 6.30. The molecule has 0 radical (unpaired) electrons. The van der Waals surface area contributed by atoms with Crippen LogP contribution in [0.15, 0.2) is 24.3 Å². The number of benzene rings is 1. The Balaban J connectivity index is 2.62. The molecule has 0 aliphatic carbocycles. The number of hydrogen-bond donors (Lipinski definition) is 0. The minimum atomic E-state index is -0.326. The van der Waals surface area contributed by atoms with Crippen LogP contribution >= 0.6 is 11.6 Å². The fourth-order valence-corrected chi connectivity index (χ4v) is 1.17. The zero-order valence-corrected chi connectivity index (χ0v) is 9.97. The van der Waals surface area contributed by atoms with E-state index in [-0.39, 0.29) is 11.4 Å². The van der Waals surface area contributed by atoms with Crippen LogP contribution < -0.4 is 0 Å². The molecule has 0 aliphatic rings. The van der Waals surface area contributed by atoms with Gasteiger partial charge in [-0.15, -0.1) is 0 Å². The SMILES string of the molecule is CC(C)(C)COC(=O)c1cccc(Cl)c1. The largest absolute Gasteiger partial charge is 0.462 e. The Labute approximate surface area is 95.2 Å². The number of rotatable bonds is 2. The van der Waals surface area contributed by atoms with Crippen LogP contribution in [0.4, 0.5) is 0 Å². The summed E-state index contributed by atoms with van der Waals surface area (Å²) in [5.74, 6) is -0.326. The molecule has 0 bridgehead atoms. The summed E-state index contributed by atoms with van der Waals surface area (Å²) >= 11 is 5.77. The van der Waals surface area contributed by atoms with E-state index >= 15 is 0 Å². The molecule has 0 fully saturated rings. The van der Waals surface area contributed by atoms with Gasteiger partial charge in [0.05, 0.1) is 12.2 Å². The van der Waals surface area contributed by atoms with Gasteiger partial charge in [-0.05, 0) is 23.6 Å². The summed E-state index contributed by atoms with van der Waals surface area (Å²) in [4.78, 5) is 11.6. The maximum atomic E-state index is 11.6. The van der Waals surface area contributed by atoms with Crippen LogP contribution in [-0.2, 0) is 4.74 Å². The van der Waals surface area contributed by atoms with Gasteiger partial charge in [-0.3, -0.25) is 0 Å². The predicted molar refractivity (Wildman–Crippen MR) is 61.2 cm³/mol. The highest BCUT2D eigenvalue weighted by Gasteiger charge is 2.14. The average Bonchev–Trinajstić information content (AvgIpc) is 2.13. The molecular weight excluding hydrogens is 212 g/mol. The lowest BCUT2D eigenvalue weighted by Crippen LogP contribution is -2.18. The molecule has 0 N–H and O–H groups in total. The third kappa shape index (κ3) is 4.34. The van der Waals surface area contributed by atoms with Crippen LogP contribution in [0.25, 0.3) is 0 Å². The van der Waals surface area contributed by atoms with Crippen LogP contribution in [0.1, 0.15) is 31.1 Å². The number of carbonyl (C=O) groups is 1. The van der Waals surface area contributed by atoms with E-state index < -0.39 is 0 Å². The first-order chi connectivity index (χ1) is 6.88. The summed E-state index contributed by atoms with van der Waals surface area (Å²) < 4.78 is 5.15. The second-order valence-electron chi connectivity index (χ2n) is 4.65. The van der Waals surface area contributed by atoms with Gasteiger partial charge in [0.1, 0.15) is 0 Å². The van der Waals surface area contributed by atoms with Crippen molar-refractivity contribution >= 4 is 17.6 Å². The van der Waals surface area contributed by atoms with E-state index in [4.69, 9.17) is 16.3 Å². The van der Waals surface area contributed by atoms with Crippen molar-refractivity contribution in [1.29, 1.82) is 0 Å². The van der Waals surface area contributed by atoms with Crippen LogP contribution in [0.2, 0.25) is 5.02 Å². The lowest BCUT2D eigenvalue weighted by Gasteiger charge is -2.17. The lowest BCUT2D eigenvalue weighted by molar-refractivity contribution is 0.0367. The van der Waals surface area contributed by atoms with Gasteiger partial charge in [-0.25, -0.2) is 4.79 Å². The van der Waals surface area contributed by atoms with Crippen molar-refractivity contribution < 1.29 is 9.53 Å². The van der Waals surface area contributed by atoms with Gasteiger partial charge in [0.15, 0.2) is 0 Å². The van der Waals surface area contributed by atoms with Crippen molar-refractivity contribution in [2.24, 2.45) is 5.41 Å². The molecule has 2 nitrogen and oxygen atoms in total. The van der Waals surface area contributed by atoms with Gasteiger partial charge in [-0.2, -0.15) is 0 Å². The fourth-order valence-electron chi connectivity index (χ4n) is 0.981. The van der Waals surface area contributed by atoms with Crippen molar-refractivity contribution in [3.8, 4) is 0 Å². The van der Waals surface area contributed by atoms with Gasteiger partial charge in [0.2, 0.25) is 0 Å². The Morgan fingerprint density at radius 2 is 2.07 bits per heavy atom. The van der Waals surface area contributed by atoms with Crippen molar-refractivity contribution in [2.45, 2.75) is 20.8 Å². The molecule has 0 aliphatic heterocycles. The fraction of sp³-hybridized carbons (Fsp3) is 0.417. The first-order valence-electron chi connectivity index (χ1n) is 4.81. The van der Waals surface area contributed by atoms with Crippen LogP contribution in [0, 0.1) is 5.41 Å². The Morgan fingerprint density at radius 1 is 1.40 bits per heavy atom. The number of halogens is 1. The van der Waals surface area contributed by atoms with Crippen molar-refractivity contribution in [2.75, 3.05) is 6.61 Å². The molecular formula is C12H15ClO2. The molecule has 0 heterocycles. The Morgan fingerprint density at radius 3 is 2.60 bits per heavy atom. The van der Waals surface area contributed by atoms with Gasteiger partial charge < -0.3 is 4.74 Å². The molecule has 0 amide bonds. The average molecular weight is 227 g/mol. The van der Waals surface area contributed by atoms with E-state index in [0.29, 0.717) is 17.2 Å². The zero-order chi connectivity index (χ0) is 11.5. The van der Waals surface area contributed by atoms with E-state index in [2.05, 4.69) is 0 Å². The Kier molecular flexibility index (Phi) is 3.75. The van der Waals surface area contributed by atoms with E-state index in [1.54, 1.807) is 24.3 Å². The van der Waals surface area contributed by atoms with Crippen LogP contribution in [0.3, 0.4) is 0 Å². The number of hydrogen-bond acceptors (Lipinski definition) is 2. The van der Waals surface area contributed by atoms with E-state index in [1.165, 1.54) is 0 Å². The monoisotopic (exact) mass is 226 g/mol. The standard InChI is InChI=1S/C12H15ClO2/c1-12(2,3)8-15-11(14)9-5-4-6-10(13)7-9/h4-7H,8H2,1-3H3. The smallest absolute Gasteiger partial charge is 0.338 e. The number of ether oxygens (including phenoxy) is 1. The first kappa shape index (κ1) is 12.1. The topological polar surface area (TPSA) is 26.3 Å². The van der Waals surface area contributed by atoms with E-state index in [9.17, 15) is 4.79 Å². The second kappa shape index (κ2) is 4.67. The molecule has 0 saturated carbocycles. The molecule has 0 spiro atoms. The maximum absolute atomic E-state index is 11.6. The quantitative estimate of drug-likeness (QED) is 0.721. The molecule has 0 aromatic heterocycles. The molecule has 1 aromatic rings. The molecule has 1 rings (SSSR count). The molecule has 82 valence electrons. The van der Waals surface area contributed by atoms with Gasteiger partial charge >= 0.3 is 5.97 Å². The molecule has 0 saturated heterocycles. The van der Waals surface area contributed by atoms with Crippen molar-refractivity contribution in [1.82, 2.24) is 0 Å². The predicted octanol–water partition coefficient (Wildman–Crippen LogP) is 3.54. The first-order valence-corrected chi connectivity index (χ1v) is 5.19. The zero-order valence-electron chi connectivity index (χ0n) is 9.21. The van der Waals surface area contributed by atoms with E-state index in [1.807, 2.05) is 20.8 Å². The summed E-state index contributed by atoms with van der Waals surface area (Å²) in [6.07, 6.45) is 0. The van der Waals surface area contributed by atoms with Crippen LogP contribution in [0.5, 0.6) is 0 Å². The van der Waals surface area contributed by atoms with E-state index in [0.717, 1.165) is 0 Å². The maximum Gasteiger partial charge on any atom is 0.338 e. The molecule has 1 aromatic carbocycles. The number of esters is 1. The third-order valence-corrected chi connectivity index (χ3v) is 1.93. The van der Waals surface area contributed by atoms with Crippen molar-refractivity contribution in [3.63, 3.8) is 0 Å². The molecule has 3 heteroatoms. The highest BCUT2D eigenvalue weighted by Crippen LogP contribution is 2.16. The Bertz CT molecular complexity index is 353. The van der Waals surface area contributed by atoms with Gasteiger partial charge in [0, 0.05) is 5.02 Å². The van der Waals surface area contributed by atoms with Crippen molar-refractivity contribution in [3.05, 3.63) is 34.9 Å². The molecule has 0 atom stereocenters.